The Morgan fingerprint density at radius 2 is 2.17 bits per heavy atom. The average Bonchev–Trinajstić information content (AvgIpc) is 2.24. The maximum Gasteiger partial charge on any atom is 0.0938 e. The molecule has 2 heteroatoms. The molecule has 2 unspecified atom stereocenters. The normalized spacial score (nSPS) is 33.4. The van der Waals surface area contributed by atoms with Crippen LogP contribution in [0.15, 0.2) is 24.3 Å². The van der Waals surface area contributed by atoms with E-state index >= 15 is 0 Å². The van der Waals surface area contributed by atoms with Crippen molar-refractivity contribution in [3.8, 4) is 0 Å². The van der Waals surface area contributed by atoms with Crippen molar-refractivity contribution in [2.24, 2.45) is 0 Å². The number of aliphatic hydroxyl groups excluding tert-OH is 1. The smallest absolute Gasteiger partial charge is 0.0938 e. The third-order valence-electron chi connectivity index (χ3n) is 2.46. The van der Waals surface area contributed by atoms with Crippen LogP contribution in [0.5, 0.6) is 0 Å². The van der Waals surface area contributed by atoms with Gasteiger partial charge in [-0.3, -0.25) is 0 Å². The highest BCUT2D eigenvalue weighted by Gasteiger charge is 2.38. The van der Waals surface area contributed by atoms with E-state index in [2.05, 4.69) is 35.6 Å². The summed E-state index contributed by atoms with van der Waals surface area (Å²) in [4.78, 5) is 0. The Hall–Kier alpha value is -0.0900. The van der Waals surface area contributed by atoms with Crippen LogP contribution in [0.2, 0.25) is 0 Å². The van der Waals surface area contributed by atoms with Crippen LogP contribution in [0.4, 0.5) is 0 Å². The fourth-order valence-electron chi connectivity index (χ4n) is 1.76. The van der Waals surface area contributed by atoms with Gasteiger partial charge in [-0.05, 0) is 24.5 Å². The van der Waals surface area contributed by atoms with Crippen LogP contribution in [0, 0.1) is 0 Å². The summed E-state index contributed by atoms with van der Waals surface area (Å²) in [5.41, 5.74) is 2.40. The highest BCUT2D eigenvalue weighted by Crippen LogP contribution is 2.44. The third-order valence-corrected chi connectivity index (χ3v) is 3.43. The molecule has 0 bridgehead atoms. The molecule has 0 saturated carbocycles. The van der Waals surface area contributed by atoms with Gasteiger partial charge in [0.25, 0.3) is 0 Å². The molecule has 1 aromatic rings. The summed E-state index contributed by atoms with van der Waals surface area (Å²) in [5.74, 6) is 0. The number of aliphatic hydroxyl groups is 1. The standard InChI is InChI=1S/C10H11IO/c1-10(11)6-7-4-2-3-5-8(7)9(10)12/h2-5,9,12H,6H2,1H3. The van der Waals surface area contributed by atoms with Gasteiger partial charge in [-0.15, -0.1) is 0 Å². The lowest BCUT2D eigenvalue weighted by molar-refractivity contribution is 0.157. The number of hydrogen-bond donors (Lipinski definition) is 1. The van der Waals surface area contributed by atoms with E-state index in [-0.39, 0.29) is 9.53 Å². The molecule has 1 aliphatic carbocycles. The van der Waals surface area contributed by atoms with Crippen LogP contribution in [0.25, 0.3) is 0 Å². The Balaban J connectivity index is 2.49. The molecule has 12 heavy (non-hydrogen) atoms. The quantitative estimate of drug-likeness (QED) is 0.569. The second-order valence-corrected chi connectivity index (χ2v) is 6.02. The predicted octanol–water partition coefficient (Wildman–Crippen LogP) is 2.47. The molecule has 0 fully saturated rings. The monoisotopic (exact) mass is 274 g/mol. The second kappa shape index (κ2) is 2.70. The Morgan fingerprint density at radius 1 is 1.50 bits per heavy atom. The minimum absolute atomic E-state index is 0.0125. The molecule has 1 nitrogen and oxygen atoms in total. The van der Waals surface area contributed by atoms with E-state index in [9.17, 15) is 5.11 Å². The van der Waals surface area contributed by atoms with E-state index in [1.807, 2.05) is 18.2 Å². The fraction of sp³-hybridized carbons (Fsp3) is 0.400. The molecular weight excluding hydrogens is 263 g/mol. The van der Waals surface area contributed by atoms with Gasteiger partial charge in [0.2, 0.25) is 0 Å². The summed E-state index contributed by atoms with van der Waals surface area (Å²) in [7, 11) is 0. The third kappa shape index (κ3) is 1.17. The van der Waals surface area contributed by atoms with Crippen molar-refractivity contribution in [2.45, 2.75) is 22.9 Å². The van der Waals surface area contributed by atoms with Crippen molar-refractivity contribution < 1.29 is 5.11 Å². The summed E-state index contributed by atoms with van der Waals surface area (Å²) in [5, 5.41) is 9.90. The zero-order valence-electron chi connectivity index (χ0n) is 6.92. The molecule has 64 valence electrons. The first-order valence-corrected chi connectivity index (χ1v) is 5.14. The van der Waals surface area contributed by atoms with Gasteiger partial charge in [-0.1, -0.05) is 46.9 Å². The van der Waals surface area contributed by atoms with Gasteiger partial charge in [-0.25, -0.2) is 0 Å². The van der Waals surface area contributed by atoms with Gasteiger partial charge in [0.15, 0.2) is 0 Å². The maximum atomic E-state index is 9.90. The number of halogens is 1. The van der Waals surface area contributed by atoms with Gasteiger partial charge in [0.1, 0.15) is 0 Å². The summed E-state index contributed by atoms with van der Waals surface area (Å²) >= 11 is 2.34. The molecule has 1 aliphatic rings. The van der Waals surface area contributed by atoms with E-state index in [4.69, 9.17) is 0 Å². The Labute approximate surface area is 85.9 Å². The second-order valence-electron chi connectivity index (χ2n) is 3.56. The fourth-order valence-corrected chi connectivity index (χ4v) is 2.50. The molecule has 1 aromatic carbocycles. The van der Waals surface area contributed by atoms with E-state index < -0.39 is 0 Å². The number of hydrogen-bond acceptors (Lipinski definition) is 1. The number of rotatable bonds is 0. The Kier molecular flexibility index (Phi) is 1.92. The van der Waals surface area contributed by atoms with Crippen molar-refractivity contribution in [3.63, 3.8) is 0 Å². The molecule has 0 radical (unpaired) electrons. The summed E-state index contributed by atoms with van der Waals surface area (Å²) < 4.78 is -0.0125. The molecule has 0 spiro atoms. The highest BCUT2D eigenvalue weighted by atomic mass is 127. The van der Waals surface area contributed by atoms with E-state index in [1.165, 1.54) is 5.56 Å². The highest BCUT2D eigenvalue weighted by molar-refractivity contribution is 14.1. The van der Waals surface area contributed by atoms with Crippen molar-refractivity contribution in [2.75, 3.05) is 0 Å². The molecule has 0 aromatic heterocycles. The summed E-state index contributed by atoms with van der Waals surface area (Å²) in [6, 6.07) is 8.13. The van der Waals surface area contributed by atoms with E-state index in [1.54, 1.807) is 0 Å². The number of alkyl halides is 1. The summed E-state index contributed by atoms with van der Waals surface area (Å²) in [6.45, 7) is 2.10. The Bertz CT molecular complexity index is 306. The first kappa shape index (κ1) is 8.51. The molecule has 1 N–H and O–H groups in total. The van der Waals surface area contributed by atoms with Crippen molar-refractivity contribution in [1.82, 2.24) is 0 Å². The van der Waals surface area contributed by atoms with E-state index in [0.717, 1.165) is 12.0 Å². The van der Waals surface area contributed by atoms with Crippen LogP contribution in [-0.2, 0) is 6.42 Å². The van der Waals surface area contributed by atoms with E-state index in [0.29, 0.717) is 0 Å². The van der Waals surface area contributed by atoms with Gasteiger partial charge >= 0.3 is 0 Å². The topological polar surface area (TPSA) is 20.2 Å². The van der Waals surface area contributed by atoms with Crippen molar-refractivity contribution >= 4 is 22.6 Å². The van der Waals surface area contributed by atoms with Crippen LogP contribution >= 0.6 is 22.6 Å². The first-order valence-electron chi connectivity index (χ1n) is 4.06. The lowest BCUT2D eigenvalue weighted by Crippen LogP contribution is -2.20. The van der Waals surface area contributed by atoms with Crippen molar-refractivity contribution in [3.05, 3.63) is 35.4 Å². The number of fused-ring (bicyclic) bond motifs is 1. The zero-order chi connectivity index (χ0) is 8.77. The molecule has 2 rings (SSSR count). The zero-order valence-corrected chi connectivity index (χ0v) is 9.08. The van der Waals surface area contributed by atoms with Crippen LogP contribution in [0.1, 0.15) is 24.2 Å². The SMILES string of the molecule is CC1(I)Cc2ccccc2C1O. The van der Waals surface area contributed by atoms with Crippen LogP contribution in [0.3, 0.4) is 0 Å². The average molecular weight is 274 g/mol. The molecule has 2 atom stereocenters. The van der Waals surface area contributed by atoms with Crippen LogP contribution in [-0.4, -0.2) is 8.53 Å². The largest absolute Gasteiger partial charge is 0.387 e. The minimum atomic E-state index is -0.297. The van der Waals surface area contributed by atoms with Gasteiger partial charge < -0.3 is 5.11 Å². The van der Waals surface area contributed by atoms with Gasteiger partial charge in [0.05, 0.1) is 9.53 Å². The maximum absolute atomic E-state index is 9.90. The van der Waals surface area contributed by atoms with Crippen molar-refractivity contribution in [1.29, 1.82) is 0 Å². The molecule has 0 heterocycles. The molecule has 0 aliphatic heterocycles. The van der Waals surface area contributed by atoms with Gasteiger partial charge in [0, 0.05) is 0 Å². The molecule has 0 amide bonds. The Morgan fingerprint density at radius 3 is 2.83 bits per heavy atom. The van der Waals surface area contributed by atoms with Crippen LogP contribution < -0.4 is 0 Å². The number of benzene rings is 1. The first-order chi connectivity index (χ1) is 5.61. The van der Waals surface area contributed by atoms with Gasteiger partial charge in [-0.2, -0.15) is 0 Å². The molecule has 0 saturated heterocycles. The lowest BCUT2D eigenvalue weighted by atomic mass is 10.1. The molecular formula is C10H11IO. The minimum Gasteiger partial charge on any atom is -0.387 e. The predicted molar refractivity (Wildman–Crippen MR) is 57.5 cm³/mol. The lowest BCUT2D eigenvalue weighted by Gasteiger charge is -2.19. The summed E-state index contributed by atoms with van der Waals surface area (Å²) in [6.07, 6.45) is 0.680.